The van der Waals surface area contributed by atoms with Gasteiger partial charge >= 0.3 is 5.97 Å². The number of Topliss-reactive ketones (excluding diaryl/α,β-unsaturated/α-hetero) is 1. The van der Waals surface area contributed by atoms with Crippen LogP contribution in [0.2, 0.25) is 0 Å². The zero-order valence-electron chi connectivity index (χ0n) is 20.4. The molecule has 0 aliphatic carbocycles. The zero-order valence-corrected chi connectivity index (χ0v) is 21.2. The lowest BCUT2D eigenvalue weighted by Gasteiger charge is -2.16. The first-order valence-electron chi connectivity index (χ1n) is 10.6. The number of carbonyl (C=O) groups is 3. The standard InChI is InChI=1S/C25H31NO7S/c1-25(2,3)21(27)14-33-24(29)17-9-7-8-10-20(17)34-15-22(28)26-13-16-11-18(30-4)23(32-6)19(12-16)31-5/h7-12H,13-15H2,1-6H3,(H,26,28). The number of thioether (sulfide) groups is 1. The third kappa shape index (κ3) is 7.41. The molecule has 0 atom stereocenters. The summed E-state index contributed by atoms with van der Waals surface area (Å²) in [6.07, 6.45) is 0. The Bertz CT molecular complexity index is 1010. The van der Waals surface area contributed by atoms with Crippen LogP contribution in [0.4, 0.5) is 0 Å². The maximum absolute atomic E-state index is 12.5. The van der Waals surface area contributed by atoms with Crippen LogP contribution in [0.1, 0.15) is 36.7 Å². The van der Waals surface area contributed by atoms with Crippen molar-refractivity contribution in [1.29, 1.82) is 0 Å². The normalized spacial score (nSPS) is 10.9. The minimum atomic E-state index is -0.599. The van der Waals surface area contributed by atoms with E-state index in [-0.39, 0.29) is 30.6 Å². The highest BCUT2D eigenvalue weighted by molar-refractivity contribution is 8.00. The summed E-state index contributed by atoms with van der Waals surface area (Å²) >= 11 is 1.21. The highest BCUT2D eigenvalue weighted by Crippen LogP contribution is 2.38. The number of esters is 1. The lowest BCUT2D eigenvalue weighted by molar-refractivity contribution is -0.129. The van der Waals surface area contributed by atoms with Crippen molar-refractivity contribution >= 4 is 29.4 Å². The molecule has 2 aromatic rings. The summed E-state index contributed by atoms with van der Waals surface area (Å²) in [4.78, 5) is 37.6. The Hall–Kier alpha value is -3.20. The van der Waals surface area contributed by atoms with Crippen LogP contribution in [-0.4, -0.2) is 51.3 Å². The molecular weight excluding hydrogens is 458 g/mol. The SMILES string of the molecule is COc1cc(CNC(=O)CSc2ccccc2C(=O)OCC(=O)C(C)(C)C)cc(OC)c1OC. The van der Waals surface area contributed by atoms with Crippen molar-refractivity contribution in [3.05, 3.63) is 47.5 Å². The third-order valence-electron chi connectivity index (χ3n) is 4.85. The van der Waals surface area contributed by atoms with E-state index in [1.807, 2.05) is 0 Å². The van der Waals surface area contributed by atoms with E-state index in [4.69, 9.17) is 18.9 Å². The molecular formula is C25H31NO7S. The fourth-order valence-electron chi connectivity index (χ4n) is 2.82. The van der Waals surface area contributed by atoms with Gasteiger partial charge in [0.1, 0.15) is 0 Å². The van der Waals surface area contributed by atoms with Gasteiger partial charge in [0.15, 0.2) is 23.9 Å². The largest absolute Gasteiger partial charge is 0.493 e. The van der Waals surface area contributed by atoms with Crippen LogP contribution >= 0.6 is 11.8 Å². The fraction of sp³-hybridized carbons (Fsp3) is 0.400. The Morgan fingerprint density at radius 3 is 2.12 bits per heavy atom. The highest BCUT2D eigenvalue weighted by atomic mass is 32.2. The van der Waals surface area contributed by atoms with Gasteiger partial charge in [-0.2, -0.15) is 0 Å². The molecule has 2 aromatic carbocycles. The average Bonchev–Trinajstić information content (AvgIpc) is 2.83. The predicted molar refractivity (Wildman–Crippen MR) is 130 cm³/mol. The summed E-state index contributed by atoms with van der Waals surface area (Å²) in [5.41, 5.74) is 0.497. The smallest absolute Gasteiger partial charge is 0.339 e. The Balaban J connectivity index is 1.97. The monoisotopic (exact) mass is 489 g/mol. The molecule has 0 aliphatic heterocycles. The van der Waals surface area contributed by atoms with Gasteiger partial charge in [-0.15, -0.1) is 11.8 Å². The minimum Gasteiger partial charge on any atom is -0.493 e. The van der Waals surface area contributed by atoms with Crippen LogP contribution in [0.5, 0.6) is 17.2 Å². The molecule has 0 aliphatic rings. The number of benzene rings is 2. The van der Waals surface area contributed by atoms with Crippen LogP contribution in [-0.2, 0) is 20.9 Å². The van der Waals surface area contributed by atoms with Crippen molar-refractivity contribution in [2.24, 2.45) is 5.41 Å². The summed E-state index contributed by atoms with van der Waals surface area (Å²) in [6, 6.07) is 10.3. The number of hydrogen-bond acceptors (Lipinski definition) is 8. The average molecular weight is 490 g/mol. The van der Waals surface area contributed by atoms with Gasteiger partial charge in [-0.1, -0.05) is 32.9 Å². The molecule has 9 heteroatoms. The fourth-order valence-corrected chi connectivity index (χ4v) is 3.69. The van der Waals surface area contributed by atoms with Crippen molar-refractivity contribution in [3.63, 3.8) is 0 Å². The number of ether oxygens (including phenoxy) is 4. The van der Waals surface area contributed by atoms with Crippen molar-refractivity contribution < 1.29 is 33.3 Å². The van der Waals surface area contributed by atoms with E-state index in [9.17, 15) is 14.4 Å². The second kappa shape index (κ2) is 12.3. The van der Waals surface area contributed by atoms with Crippen LogP contribution in [0.3, 0.4) is 0 Å². The van der Waals surface area contributed by atoms with E-state index in [1.54, 1.807) is 57.2 Å². The molecule has 0 spiro atoms. The van der Waals surface area contributed by atoms with Crippen LogP contribution in [0.15, 0.2) is 41.3 Å². The summed E-state index contributed by atoms with van der Waals surface area (Å²) in [5.74, 6) is 0.579. The molecule has 8 nitrogen and oxygen atoms in total. The van der Waals surface area contributed by atoms with Crippen LogP contribution < -0.4 is 19.5 Å². The lowest BCUT2D eigenvalue weighted by atomic mass is 9.91. The maximum atomic E-state index is 12.5. The van der Waals surface area contributed by atoms with Gasteiger partial charge in [-0.3, -0.25) is 9.59 Å². The van der Waals surface area contributed by atoms with Crippen molar-refractivity contribution in [1.82, 2.24) is 5.32 Å². The van der Waals surface area contributed by atoms with Gasteiger partial charge in [0, 0.05) is 16.9 Å². The first-order valence-corrected chi connectivity index (χ1v) is 11.6. The van der Waals surface area contributed by atoms with E-state index in [2.05, 4.69) is 5.32 Å². The topological polar surface area (TPSA) is 100 Å². The molecule has 0 saturated carbocycles. The predicted octanol–water partition coefficient (Wildman–Crippen LogP) is 3.89. The molecule has 184 valence electrons. The lowest BCUT2D eigenvalue weighted by Crippen LogP contribution is -2.26. The van der Waals surface area contributed by atoms with Crippen molar-refractivity contribution in [3.8, 4) is 17.2 Å². The molecule has 1 amide bonds. The molecule has 0 aromatic heterocycles. The van der Waals surface area contributed by atoms with Gasteiger partial charge in [0.25, 0.3) is 0 Å². The summed E-state index contributed by atoms with van der Waals surface area (Å²) in [7, 11) is 4.57. The van der Waals surface area contributed by atoms with Gasteiger partial charge in [0.05, 0.1) is 32.6 Å². The first-order chi connectivity index (χ1) is 16.1. The van der Waals surface area contributed by atoms with Gasteiger partial charge in [-0.05, 0) is 29.8 Å². The van der Waals surface area contributed by atoms with Crippen LogP contribution in [0, 0.1) is 5.41 Å². The summed E-state index contributed by atoms with van der Waals surface area (Å²) in [6.45, 7) is 5.27. The van der Waals surface area contributed by atoms with Gasteiger partial charge in [-0.25, -0.2) is 4.79 Å². The van der Waals surface area contributed by atoms with Gasteiger partial charge in [0.2, 0.25) is 11.7 Å². The van der Waals surface area contributed by atoms with Gasteiger partial charge < -0.3 is 24.3 Å². The summed E-state index contributed by atoms with van der Waals surface area (Å²) < 4.78 is 21.2. The Morgan fingerprint density at radius 1 is 0.941 bits per heavy atom. The first kappa shape index (κ1) is 27.0. The van der Waals surface area contributed by atoms with Crippen LogP contribution in [0.25, 0.3) is 0 Å². The molecule has 0 unspecified atom stereocenters. The molecule has 0 saturated heterocycles. The molecule has 0 radical (unpaired) electrons. The zero-order chi connectivity index (χ0) is 25.3. The minimum absolute atomic E-state index is 0.0929. The van der Waals surface area contributed by atoms with E-state index in [1.165, 1.54) is 33.1 Å². The summed E-state index contributed by atoms with van der Waals surface area (Å²) in [5, 5.41) is 2.84. The number of amides is 1. The highest BCUT2D eigenvalue weighted by Gasteiger charge is 2.23. The number of methoxy groups -OCH3 is 3. The quantitative estimate of drug-likeness (QED) is 0.375. The number of nitrogens with one attached hydrogen (secondary N) is 1. The van der Waals surface area contributed by atoms with E-state index < -0.39 is 11.4 Å². The maximum Gasteiger partial charge on any atom is 0.339 e. The van der Waals surface area contributed by atoms with Crippen molar-refractivity contribution in [2.45, 2.75) is 32.2 Å². The number of rotatable bonds is 11. The second-order valence-corrected chi connectivity index (χ2v) is 9.36. The molecule has 1 N–H and O–H groups in total. The Labute approximate surface area is 204 Å². The van der Waals surface area contributed by atoms with E-state index >= 15 is 0 Å². The third-order valence-corrected chi connectivity index (χ3v) is 5.92. The van der Waals surface area contributed by atoms with E-state index in [0.29, 0.717) is 27.7 Å². The molecule has 0 bridgehead atoms. The van der Waals surface area contributed by atoms with Crippen molar-refractivity contribution in [2.75, 3.05) is 33.7 Å². The Morgan fingerprint density at radius 2 is 1.56 bits per heavy atom. The van der Waals surface area contributed by atoms with E-state index in [0.717, 1.165) is 5.56 Å². The number of carbonyl (C=O) groups excluding carboxylic acids is 3. The molecule has 34 heavy (non-hydrogen) atoms. The molecule has 0 heterocycles. The molecule has 2 rings (SSSR count). The second-order valence-electron chi connectivity index (χ2n) is 8.34. The Kier molecular flexibility index (Phi) is 9.80. The number of ketones is 1. The molecule has 0 fully saturated rings. The number of hydrogen-bond donors (Lipinski definition) is 1.